The van der Waals surface area contributed by atoms with E-state index in [9.17, 15) is 5.11 Å². The number of morpholine rings is 1. The zero-order valence-corrected chi connectivity index (χ0v) is 14.3. The standard InChI is InChI=1S/C20H20N4O2/c25-17-8-4-5-15(13-17)19-21-14-18(22-16-6-2-1-3-7-16)20(23-19)24-9-11-26-12-10-24/h1-8,13-14,22,25H,9-12H2. The maximum Gasteiger partial charge on any atom is 0.161 e. The second kappa shape index (κ2) is 7.41. The highest BCUT2D eigenvalue weighted by atomic mass is 16.5. The van der Waals surface area contributed by atoms with Crippen LogP contribution in [0.2, 0.25) is 0 Å². The molecule has 6 nitrogen and oxygen atoms in total. The summed E-state index contributed by atoms with van der Waals surface area (Å²) in [5, 5.41) is 13.1. The van der Waals surface area contributed by atoms with E-state index in [0.717, 1.165) is 35.8 Å². The summed E-state index contributed by atoms with van der Waals surface area (Å²) < 4.78 is 5.47. The Morgan fingerprint density at radius 1 is 1.00 bits per heavy atom. The van der Waals surface area contributed by atoms with Crippen LogP contribution in [0.1, 0.15) is 0 Å². The maximum atomic E-state index is 9.75. The van der Waals surface area contributed by atoms with Gasteiger partial charge >= 0.3 is 0 Å². The lowest BCUT2D eigenvalue weighted by Gasteiger charge is -2.29. The van der Waals surface area contributed by atoms with Crippen LogP contribution >= 0.6 is 0 Å². The number of nitrogens with zero attached hydrogens (tertiary/aromatic N) is 3. The third-order valence-corrected chi connectivity index (χ3v) is 4.24. The number of hydrogen-bond acceptors (Lipinski definition) is 6. The molecule has 0 aliphatic carbocycles. The Morgan fingerprint density at radius 3 is 2.58 bits per heavy atom. The van der Waals surface area contributed by atoms with E-state index in [0.29, 0.717) is 19.0 Å². The van der Waals surface area contributed by atoms with Crippen LogP contribution in [0, 0.1) is 0 Å². The van der Waals surface area contributed by atoms with Crippen LogP contribution in [0.15, 0.2) is 60.8 Å². The second-order valence-corrected chi connectivity index (χ2v) is 6.07. The lowest BCUT2D eigenvalue weighted by Crippen LogP contribution is -2.37. The van der Waals surface area contributed by atoms with Gasteiger partial charge in [-0.05, 0) is 24.3 Å². The van der Waals surface area contributed by atoms with Crippen molar-refractivity contribution in [1.29, 1.82) is 0 Å². The van der Waals surface area contributed by atoms with E-state index in [1.54, 1.807) is 24.4 Å². The second-order valence-electron chi connectivity index (χ2n) is 6.07. The predicted molar refractivity (Wildman–Crippen MR) is 102 cm³/mol. The molecule has 1 aliphatic rings. The van der Waals surface area contributed by atoms with Crippen molar-refractivity contribution in [1.82, 2.24) is 9.97 Å². The highest BCUT2D eigenvalue weighted by Crippen LogP contribution is 2.30. The highest BCUT2D eigenvalue weighted by molar-refractivity contribution is 5.74. The average molecular weight is 348 g/mol. The van der Waals surface area contributed by atoms with Crippen LogP contribution in [0.25, 0.3) is 11.4 Å². The number of anilines is 3. The number of phenolic OH excluding ortho intramolecular Hbond substituents is 1. The summed E-state index contributed by atoms with van der Waals surface area (Å²) >= 11 is 0. The molecule has 0 amide bonds. The molecule has 26 heavy (non-hydrogen) atoms. The first-order valence-corrected chi connectivity index (χ1v) is 8.61. The number of aromatic nitrogens is 2. The van der Waals surface area contributed by atoms with Crippen molar-refractivity contribution in [2.24, 2.45) is 0 Å². The van der Waals surface area contributed by atoms with E-state index in [1.807, 2.05) is 36.4 Å². The van der Waals surface area contributed by atoms with Gasteiger partial charge in [0.1, 0.15) is 11.4 Å². The molecule has 1 aromatic heterocycles. The largest absolute Gasteiger partial charge is 0.508 e. The topological polar surface area (TPSA) is 70.5 Å². The lowest BCUT2D eigenvalue weighted by atomic mass is 10.2. The minimum absolute atomic E-state index is 0.200. The molecule has 4 rings (SSSR count). The molecule has 0 atom stereocenters. The van der Waals surface area contributed by atoms with Gasteiger partial charge in [-0.3, -0.25) is 0 Å². The zero-order chi connectivity index (χ0) is 17.8. The van der Waals surface area contributed by atoms with Gasteiger partial charge in [-0.2, -0.15) is 0 Å². The van der Waals surface area contributed by atoms with Gasteiger partial charge in [-0.15, -0.1) is 0 Å². The van der Waals surface area contributed by atoms with Crippen molar-refractivity contribution in [2.45, 2.75) is 0 Å². The van der Waals surface area contributed by atoms with Crippen molar-refractivity contribution >= 4 is 17.2 Å². The minimum Gasteiger partial charge on any atom is -0.508 e. The van der Waals surface area contributed by atoms with E-state index >= 15 is 0 Å². The van der Waals surface area contributed by atoms with Gasteiger partial charge in [0, 0.05) is 24.3 Å². The summed E-state index contributed by atoms with van der Waals surface area (Å²) in [5.74, 6) is 1.62. The number of aromatic hydroxyl groups is 1. The van der Waals surface area contributed by atoms with Crippen LogP contribution in [0.5, 0.6) is 5.75 Å². The van der Waals surface area contributed by atoms with Crippen molar-refractivity contribution in [2.75, 3.05) is 36.5 Å². The van der Waals surface area contributed by atoms with Crippen LogP contribution in [0.4, 0.5) is 17.2 Å². The van der Waals surface area contributed by atoms with Gasteiger partial charge < -0.3 is 20.1 Å². The Labute approximate surface area is 152 Å². The molecule has 0 radical (unpaired) electrons. The lowest BCUT2D eigenvalue weighted by molar-refractivity contribution is 0.122. The van der Waals surface area contributed by atoms with Crippen LogP contribution < -0.4 is 10.2 Å². The molecular formula is C20H20N4O2. The highest BCUT2D eigenvalue weighted by Gasteiger charge is 2.18. The molecule has 0 spiro atoms. The van der Waals surface area contributed by atoms with E-state index in [4.69, 9.17) is 9.72 Å². The fourth-order valence-corrected chi connectivity index (χ4v) is 2.94. The monoisotopic (exact) mass is 348 g/mol. The molecule has 0 unspecified atom stereocenters. The van der Waals surface area contributed by atoms with Gasteiger partial charge in [0.15, 0.2) is 11.6 Å². The summed E-state index contributed by atoms with van der Waals surface area (Å²) in [5.41, 5.74) is 2.61. The van der Waals surface area contributed by atoms with E-state index in [2.05, 4.69) is 15.2 Å². The third kappa shape index (κ3) is 3.60. The minimum atomic E-state index is 0.200. The van der Waals surface area contributed by atoms with E-state index in [-0.39, 0.29) is 5.75 Å². The van der Waals surface area contributed by atoms with Gasteiger partial charge in [0.2, 0.25) is 0 Å². The first-order chi connectivity index (χ1) is 12.8. The number of rotatable bonds is 4. The summed E-state index contributed by atoms with van der Waals surface area (Å²) in [6.45, 7) is 2.91. The Hall–Kier alpha value is -3.12. The van der Waals surface area contributed by atoms with Crippen molar-refractivity contribution in [3.05, 3.63) is 60.8 Å². The molecule has 6 heteroatoms. The molecule has 1 aliphatic heterocycles. The molecule has 1 saturated heterocycles. The first kappa shape index (κ1) is 16.4. The Bertz CT molecular complexity index is 880. The summed E-state index contributed by atoms with van der Waals surface area (Å²) in [7, 11) is 0. The van der Waals surface area contributed by atoms with E-state index < -0.39 is 0 Å². The first-order valence-electron chi connectivity index (χ1n) is 8.61. The number of benzene rings is 2. The molecule has 3 aromatic rings. The molecule has 2 aromatic carbocycles. The van der Waals surface area contributed by atoms with Gasteiger partial charge in [0.05, 0.1) is 19.4 Å². The average Bonchev–Trinajstić information content (AvgIpc) is 2.70. The number of hydrogen-bond donors (Lipinski definition) is 2. The third-order valence-electron chi connectivity index (χ3n) is 4.24. The molecule has 0 saturated carbocycles. The molecule has 1 fully saturated rings. The summed E-state index contributed by atoms with van der Waals surface area (Å²) in [6, 6.07) is 17.0. The van der Waals surface area contributed by atoms with E-state index in [1.165, 1.54) is 0 Å². The quantitative estimate of drug-likeness (QED) is 0.753. The Balaban J connectivity index is 1.73. The van der Waals surface area contributed by atoms with Gasteiger partial charge in [-0.25, -0.2) is 9.97 Å². The summed E-state index contributed by atoms with van der Waals surface area (Å²) in [6.07, 6.45) is 1.80. The Kier molecular flexibility index (Phi) is 4.66. The molecular weight excluding hydrogens is 328 g/mol. The van der Waals surface area contributed by atoms with Crippen LogP contribution in [-0.4, -0.2) is 41.4 Å². The van der Waals surface area contributed by atoms with Gasteiger partial charge in [-0.1, -0.05) is 30.3 Å². The normalized spacial score (nSPS) is 14.2. The van der Waals surface area contributed by atoms with Crippen molar-refractivity contribution in [3.63, 3.8) is 0 Å². The molecule has 0 bridgehead atoms. The van der Waals surface area contributed by atoms with Gasteiger partial charge in [0.25, 0.3) is 0 Å². The number of ether oxygens (including phenoxy) is 1. The van der Waals surface area contributed by atoms with Crippen molar-refractivity contribution in [3.8, 4) is 17.1 Å². The molecule has 2 heterocycles. The summed E-state index contributed by atoms with van der Waals surface area (Å²) in [4.78, 5) is 11.5. The SMILES string of the molecule is Oc1cccc(-c2ncc(Nc3ccccc3)c(N3CCOCC3)n2)c1. The molecule has 132 valence electrons. The molecule has 2 N–H and O–H groups in total. The van der Waals surface area contributed by atoms with Crippen molar-refractivity contribution < 1.29 is 9.84 Å². The smallest absolute Gasteiger partial charge is 0.161 e. The number of nitrogens with one attached hydrogen (secondary N) is 1. The maximum absolute atomic E-state index is 9.75. The van der Waals surface area contributed by atoms with Crippen LogP contribution in [-0.2, 0) is 4.74 Å². The predicted octanol–water partition coefficient (Wildman–Crippen LogP) is 3.43. The van der Waals surface area contributed by atoms with Crippen LogP contribution in [0.3, 0.4) is 0 Å². The number of para-hydroxylation sites is 1. The Morgan fingerprint density at radius 2 is 1.81 bits per heavy atom. The fraction of sp³-hybridized carbons (Fsp3) is 0.200. The zero-order valence-electron chi connectivity index (χ0n) is 14.3. The fourth-order valence-electron chi connectivity index (χ4n) is 2.94. The number of phenols is 1.